The van der Waals surface area contributed by atoms with E-state index >= 15 is 0 Å². The van der Waals surface area contributed by atoms with Gasteiger partial charge in [0, 0.05) is 68.5 Å². The lowest BCUT2D eigenvalue weighted by Gasteiger charge is -2.19. The number of benzene rings is 1. The molecule has 1 aromatic carbocycles. The zero-order chi connectivity index (χ0) is 59.3. The number of nitrogens with one attached hydrogen (secondary N) is 1. The van der Waals surface area contributed by atoms with Crippen molar-refractivity contribution in [2.45, 2.75) is 66.9 Å². The van der Waals surface area contributed by atoms with Gasteiger partial charge >= 0.3 is 11.9 Å². The summed E-state index contributed by atoms with van der Waals surface area (Å²) in [5, 5.41) is 15.2. The lowest BCUT2D eigenvalue weighted by molar-refractivity contribution is -0.141. The molecule has 5 aliphatic heterocycles. The number of methoxy groups -OCH3 is 4. The Balaban J connectivity index is 1.21. The SMILES string of the molecule is [B]C1=C2NC(=C3CC(O)=C4C3=NC(=C4C)C=C3N=C(C=C4N=C1C(C)=C4C(=O)OCc1cc(OCCOCCOCCOC)c(OCCOCCOCCOC)c(OCCOCCOCCOC)c1)C(C)=C3CC)[C@@H](CCC(=O)OC)[C@@H]2C. The van der Waals surface area contributed by atoms with Crippen molar-refractivity contribution in [1.82, 2.24) is 5.32 Å². The van der Waals surface area contributed by atoms with Crippen LogP contribution in [-0.4, -0.2) is 189 Å². The van der Waals surface area contributed by atoms with E-state index in [1.807, 2.05) is 26.8 Å². The molecule has 0 saturated carbocycles. The number of hydrogen-bond acceptors (Lipinski definition) is 21. The van der Waals surface area contributed by atoms with Crippen LogP contribution in [0.15, 0.2) is 118 Å². The number of aliphatic imine (C=N–C) groups is 3. The van der Waals surface area contributed by atoms with Crippen molar-refractivity contribution >= 4 is 36.9 Å². The summed E-state index contributed by atoms with van der Waals surface area (Å²) < 4.78 is 79.6. The van der Waals surface area contributed by atoms with Crippen LogP contribution in [0.3, 0.4) is 0 Å². The normalized spacial score (nSPS) is 18.3. The number of rotatable bonds is 37. The van der Waals surface area contributed by atoms with Crippen LogP contribution < -0.4 is 19.5 Å². The summed E-state index contributed by atoms with van der Waals surface area (Å²) in [6.45, 7) is 15.7. The summed E-state index contributed by atoms with van der Waals surface area (Å²) in [5.74, 6) is -0.353. The molecule has 1 saturated heterocycles. The van der Waals surface area contributed by atoms with Crippen molar-refractivity contribution in [1.29, 1.82) is 0 Å². The van der Waals surface area contributed by atoms with Gasteiger partial charge in [-0.05, 0) is 85.8 Å². The minimum Gasteiger partial charge on any atom is -0.511 e. The highest BCUT2D eigenvalue weighted by Gasteiger charge is 2.42. The molecule has 7 rings (SSSR count). The standard InChI is InChI=1S/C61H81BN4O17/c1-10-42-37(2)45-35-48-53(40(5)57(65-48)55(62)56-38(3)43(11-12-52(68)73-9)58(66-56)44-33-49(67)54-39(4)46(64-59(44)54)34-47(42)63-45)61(69)83-36-41-31-50(80-28-25-77-22-19-74-16-13-70-6)60(82-30-27-79-24-21-76-18-15-72-8)51(32-41)81-29-26-78-23-20-75-17-14-71-7/h31-32,34-35,38,43,66-67H,10-30,33,36H2,1-9H3/t38-,43-/m0/s1. The minimum absolute atomic E-state index is 0.133. The van der Waals surface area contributed by atoms with Crippen LogP contribution in [0.1, 0.15) is 65.9 Å². The lowest BCUT2D eigenvalue weighted by Crippen LogP contribution is -2.17. The summed E-state index contributed by atoms with van der Waals surface area (Å²) in [5.41, 5.74) is 10.6. The molecular weight excluding hydrogens is 1070 g/mol. The van der Waals surface area contributed by atoms with Crippen molar-refractivity contribution in [3.05, 3.63) is 109 Å². The second kappa shape index (κ2) is 32.7. The molecule has 6 aliphatic rings. The number of carbonyl (C=O) groups is 2. The number of carbonyl (C=O) groups excluding carboxylic acids is 2. The number of esters is 2. The van der Waals surface area contributed by atoms with E-state index in [0.717, 1.165) is 28.0 Å². The third kappa shape index (κ3) is 16.8. The highest BCUT2D eigenvalue weighted by molar-refractivity contribution is 6.43. The topological polar surface area (TPSA) is 233 Å². The highest BCUT2D eigenvalue weighted by Crippen LogP contribution is 2.47. The molecule has 0 aromatic heterocycles. The Morgan fingerprint density at radius 3 is 1.73 bits per heavy atom. The third-order valence-electron chi connectivity index (χ3n) is 14.6. The predicted octanol–water partition coefficient (Wildman–Crippen LogP) is 7.03. The first-order valence-electron chi connectivity index (χ1n) is 28.3. The first-order chi connectivity index (χ1) is 40.3. The zero-order valence-electron chi connectivity index (χ0n) is 49.6. The fourth-order valence-corrected chi connectivity index (χ4v) is 10.2. The Bertz CT molecular complexity index is 2810. The fraction of sp³-hybridized carbons (Fsp3) is 0.557. The maximum Gasteiger partial charge on any atom is 0.341 e. The number of fused-ring (bicyclic) bond motifs is 5. The first kappa shape index (κ1) is 64.4. The van der Waals surface area contributed by atoms with Gasteiger partial charge in [-0.2, -0.15) is 0 Å². The number of aliphatic hydroxyl groups is 1. The largest absolute Gasteiger partial charge is 0.511 e. The molecule has 2 radical (unpaired) electrons. The second-order valence-electron chi connectivity index (χ2n) is 20.0. The molecule has 0 amide bonds. The molecule has 0 unspecified atom stereocenters. The van der Waals surface area contributed by atoms with Gasteiger partial charge in [0.15, 0.2) is 11.5 Å². The highest BCUT2D eigenvalue weighted by atomic mass is 16.6. The van der Waals surface area contributed by atoms with Gasteiger partial charge in [0.1, 0.15) is 40.0 Å². The van der Waals surface area contributed by atoms with Crippen LogP contribution >= 0.6 is 0 Å². The average molecular weight is 1150 g/mol. The van der Waals surface area contributed by atoms with Gasteiger partial charge in [0.25, 0.3) is 0 Å². The molecule has 450 valence electrons. The van der Waals surface area contributed by atoms with Crippen molar-refractivity contribution in [2.24, 2.45) is 26.8 Å². The van der Waals surface area contributed by atoms with E-state index in [2.05, 4.69) is 12.2 Å². The van der Waals surface area contributed by atoms with Crippen molar-refractivity contribution in [2.75, 3.05) is 147 Å². The van der Waals surface area contributed by atoms with Crippen LogP contribution in [0.25, 0.3) is 0 Å². The van der Waals surface area contributed by atoms with E-state index in [1.54, 1.807) is 46.5 Å². The lowest BCUT2D eigenvalue weighted by atomic mass is 9.79. The Kier molecular flexibility index (Phi) is 25.4. The first-order valence-corrected chi connectivity index (χ1v) is 28.3. The molecule has 8 bridgehead atoms. The summed E-state index contributed by atoms with van der Waals surface area (Å²) in [6, 6.07) is 3.47. The molecule has 0 spiro atoms. The summed E-state index contributed by atoms with van der Waals surface area (Å²) in [7, 11) is 13.5. The molecular formula is C61H81BN4O17. The predicted molar refractivity (Wildman–Crippen MR) is 311 cm³/mol. The third-order valence-corrected chi connectivity index (χ3v) is 14.6. The monoisotopic (exact) mass is 1150 g/mol. The van der Waals surface area contributed by atoms with Crippen LogP contribution in [0.5, 0.6) is 17.2 Å². The molecule has 1 aliphatic carbocycles. The smallest absolute Gasteiger partial charge is 0.341 e. The van der Waals surface area contributed by atoms with Gasteiger partial charge in [-0.3, -0.25) is 4.79 Å². The van der Waals surface area contributed by atoms with Gasteiger partial charge < -0.3 is 76.7 Å². The molecule has 22 heteroatoms. The zero-order valence-corrected chi connectivity index (χ0v) is 49.6. The molecule has 2 N–H and O–H groups in total. The van der Waals surface area contributed by atoms with Gasteiger partial charge in [0.2, 0.25) is 5.75 Å². The van der Waals surface area contributed by atoms with Crippen LogP contribution in [0, 0.1) is 11.8 Å². The Morgan fingerprint density at radius 2 is 1.19 bits per heavy atom. The number of allylic oxidation sites excluding steroid dienone is 11. The van der Waals surface area contributed by atoms with Gasteiger partial charge in [-0.25, -0.2) is 19.8 Å². The fourth-order valence-electron chi connectivity index (χ4n) is 10.2. The molecule has 1 fully saturated rings. The number of aliphatic hydroxyl groups excluding tert-OH is 1. The van der Waals surface area contributed by atoms with E-state index in [1.165, 1.54) is 7.11 Å². The van der Waals surface area contributed by atoms with Gasteiger partial charge in [-0.15, -0.1) is 0 Å². The van der Waals surface area contributed by atoms with Crippen LogP contribution in [0.4, 0.5) is 0 Å². The summed E-state index contributed by atoms with van der Waals surface area (Å²) >= 11 is 0. The van der Waals surface area contributed by atoms with Crippen LogP contribution in [-0.2, 0) is 68.3 Å². The number of hydrogen-bond donors (Lipinski definition) is 2. The van der Waals surface area contributed by atoms with E-state index in [9.17, 15) is 14.7 Å². The van der Waals surface area contributed by atoms with Crippen molar-refractivity contribution < 1.29 is 81.0 Å². The van der Waals surface area contributed by atoms with Crippen molar-refractivity contribution in [3.63, 3.8) is 0 Å². The maximum atomic E-state index is 14.9. The maximum absolute atomic E-state index is 14.9. The number of nitrogens with zero attached hydrogens (tertiary/aromatic N) is 3. The Labute approximate surface area is 488 Å². The molecule has 2 atom stereocenters. The number of ether oxygens (including phenoxy) is 14. The second-order valence-corrected chi connectivity index (χ2v) is 20.0. The average Bonchev–Trinajstić information content (AvgIpc) is 2.30. The molecule has 21 nitrogen and oxygen atoms in total. The van der Waals surface area contributed by atoms with Crippen molar-refractivity contribution in [3.8, 4) is 17.2 Å². The van der Waals surface area contributed by atoms with Crippen LogP contribution in [0.2, 0.25) is 0 Å². The van der Waals surface area contributed by atoms with E-state index in [-0.39, 0.29) is 88.2 Å². The minimum atomic E-state index is -0.662. The Morgan fingerprint density at radius 1 is 0.651 bits per heavy atom. The molecule has 5 heterocycles. The van der Waals surface area contributed by atoms with E-state index in [0.29, 0.717) is 171 Å². The van der Waals surface area contributed by atoms with Gasteiger partial charge in [-0.1, -0.05) is 19.3 Å². The van der Waals surface area contributed by atoms with E-state index in [4.69, 9.17) is 89.1 Å². The Hall–Kier alpha value is -6.21. The molecule has 83 heavy (non-hydrogen) atoms. The van der Waals surface area contributed by atoms with E-state index < -0.39 is 5.97 Å². The van der Waals surface area contributed by atoms with Gasteiger partial charge in [0.05, 0.1) is 146 Å². The quantitative estimate of drug-likeness (QED) is 0.0387. The summed E-state index contributed by atoms with van der Waals surface area (Å²) in [4.78, 5) is 43.0. The molecule has 1 aromatic rings. The summed E-state index contributed by atoms with van der Waals surface area (Å²) in [6.07, 6.45) is 5.24.